The fourth-order valence-corrected chi connectivity index (χ4v) is 2.85. The Labute approximate surface area is 147 Å². The van der Waals surface area contributed by atoms with Crippen LogP contribution in [0.15, 0.2) is 63.5 Å². The zero-order valence-electron chi connectivity index (χ0n) is 12.3. The number of hydrogen-bond donors (Lipinski definition) is 1. The van der Waals surface area contributed by atoms with Crippen molar-refractivity contribution >= 4 is 39.1 Å². The van der Waals surface area contributed by atoms with E-state index in [4.69, 9.17) is 16.0 Å². The summed E-state index contributed by atoms with van der Waals surface area (Å²) in [5.41, 5.74) is 2.67. The molecule has 0 aliphatic carbocycles. The number of carbonyl (C=O) groups excluding carboxylic acids is 1. The van der Waals surface area contributed by atoms with Gasteiger partial charge in [-0.05, 0) is 76.9 Å². The molecule has 3 rings (SSSR count). The first-order valence-electron chi connectivity index (χ1n) is 6.96. The predicted octanol–water partition coefficient (Wildman–Crippen LogP) is 5.92. The van der Waals surface area contributed by atoms with Crippen molar-refractivity contribution in [3.8, 4) is 11.3 Å². The molecule has 0 aliphatic rings. The maximum absolute atomic E-state index is 12.3. The molecule has 1 N–H and O–H groups in total. The zero-order chi connectivity index (χ0) is 16.4. The minimum Gasteiger partial charge on any atom is -0.451 e. The molecule has 5 heteroatoms. The van der Waals surface area contributed by atoms with Gasteiger partial charge in [0.2, 0.25) is 0 Å². The van der Waals surface area contributed by atoms with E-state index >= 15 is 0 Å². The van der Waals surface area contributed by atoms with Gasteiger partial charge < -0.3 is 9.73 Å². The summed E-state index contributed by atoms with van der Waals surface area (Å²) in [7, 11) is 0. The number of rotatable bonds is 3. The first kappa shape index (κ1) is 15.8. The molecular formula is C18H13BrClNO2. The van der Waals surface area contributed by atoms with E-state index in [1.54, 1.807) is 24.3 Å². The van der Waals surface area contributed by atoms with Crippen LogP contribution in [0.25, 0.3) is 11.3 Å². The van der Waals surface area contributed by atoms with Gasteiger partial charge in [0.25, 0.3) is 5.91 Å². The lowest BCUT2D eigenvalue weighted by molar-refractivity contribution is 0.0997. The van der Waals surface area contributed by atoms with Crippen LogP contribution in [0.4, 0.5) is 5.69 Å². The number of aryl methyl sites for hydroxylation is 1. The summed E-state index contributed by atoms with van der Waals surface area (Å²) in [4.78, 5) is 12.3. The Kier molecular flexibility index (Phi) is 4.55. The Bertz CT molecular complexity index is 856. The molecule has 0 saturated carbocycles. The SMILES string of the molecule is Cc1ccc(NC(=O)c2ccc(-c3ccc(Cl)cc3)o2)c(Br)c1. The molecule has 0 saturated heterocycles. The van der Waals surface area contributed by atoms with E-state index in [2.05, 4.69) is 21.2 Å². The van der Waals surface area contributed by atoms with E-state index in [1.165, 1.54) is 0 Å². The van der Waals surface area contributed by atoms with E-state index in [-0.39, 0.29) is 11.7 Å². The smallest absolute Gasteiger partial charge is 0.291 e. The van der Waals surface area contributed by atoms with Crippen LogP contribution in [0.5, 0.6) is 0 Å². The number of benzene rings is 2. The van der Waals surface area contributed by atoms with Gasteiger partial charge in [-0.3, -0.25) is 4.79 Å². The summed E-state index contributed by atoms with van der Waals surface area (Å²) in [6.07, 6.45) is 0. The Balaban J connectivity index is 1.79. The molecule has 0 bridgehead atoms. The van der Waals surface area contributed by atoms with Crippen molar-refractivity contribution in [3.05, 3.63) is 75.4 Å². The van der Waals surface area contributed by atoms with Crippen LogP contribution in [0.2, 0.25) is 5.02 Å². The molecule has 1 amide bonds. The summed E-state index contributed by atoms with van der Waals surface area (Å²) in [6.45, 7) is 1.99. The minimum absolute atomic E-state index is 0.252. The number of furan rings is 1. The molecule has 1 aromatic heterocycles. The quantitative estimate of drug-likeness (QED) is 0.603. The van der Waals surface area contributed by atoms with E-state index < -0.39 is 0 Å². The van der Waals surface area contributed by atoms with Gasteiger partial charge in [-0.15, -0.1) is 0 Å². The predicted molar refractivity (Wildman–Crippen MR) is 96.0 cm³/mol. The Hall–Kier alpha value is -2.04. The average Bonchev–Trinajstić information content (AvgIpc) is 3.01. The van der Waals surface area contributed by atoms with Gasteiger partial charge in [0, 0.05) is 15.1 Å². The monoisotopic (exact) mass is 389 g/mol. The standard InChI is InChI=1S/C18H13BrClNO2/c1-11-2-7-15(14(19)10-11)21-18(22)17-9-8-16(23-17)12-3-5-13(20)6-4-12/h2-10H,1H3,(H,21,22). The van der Waals surface area contributed by atoms with Crippen molar-refractivity contribution in [1.29, 1.82) is 0 Å². The highest BCUT2D eigenvalue weighted by molar-refractivity contribution is 9.10. The Morgan fingerprint density at radius 1 is 1.09 bits per heavy atom. The van der Waals surface area contributed by atoms with Crippen molar-refractivity contribution in [3.63, 3.8) is 0 Å². The van der Waals surface area contributed by atoms with Crippen molar-refractivity contribution in [2.75, 3.05) is 5.32 Å². The largest absolute Gasteiger partial charge is 0.451 e. The van der Waals surface area contributed by atoms with E-state index in [0.29, 0.717) is 16.5 Å². The number of anilines is 1. The van der Waals surface area contributed by atoms with Gasteiger partial charge in [-0.25, -0.2) is 0 Å². The highest BCUT2D eigenvalue weighted by Gasteiger charge is 2.13. The maximum atomic E-state index is 12.3. The van der Waals surface area contributed by atoms with Gasteiger partial charge in [0.15, 0.2) is 5.76 Å². The molecule has 3 aromatic rings. The minimum atomic E-state index is -0.297. The van der Waals surface area contributed by atoms with Gasteiger partial charge in [-0.1, -0.05) is 17.7 Å². The number of amides is 1. The number of carbonyl (C=O) groups is 1. The maximum Gasteiger partial charge on any atom is 0.291 e. The average molecular weight is 391 g/mol. The summed E-state index contributed by atoms with van der Waals surface area (Å²) < 4.78 is 6.47. The van der Waals surface area contributed by atoms with Crippen molar-refractivity contribution in [2.45, 2.75) is 6.92 Å². The first-order valence-corrected chi connectivity index (χ1v) is 8.13. The third-order valence-corrected chi connectivity index (χ3v) is 4.24. The Morgan fingerprint density at radius 3 is 2.52 bits per heavy atom. The van der Waals surface area contributed by atoms with Crippen LogP contribution in [-0.2, 0) is 0 Å². The topological polar surface area (TPSA) is 42.2 Å². The third kappa shape index (κ3) is 3.66. The summed E-state index contributed by atoms with van der Waals surface area (Å²) in [6, 6.07) is 16.4. The zero-order valence-corrected chi connectivity index (χ0v) is 14.6. The van der Waals surface area contributed by atoms with Gasteiger partial charge in [0.05, 0.1) is 5.69 Å². The Morgan fingerprint density at radius 2 is 1.83 bits per heavy atom. The molecule has 23 heavy (non-hydrogen) atoms. The second kappa shape index (κ2) is 6.60. The molecular weight excluding hydrogens is 378 g/mol. The third-order valence-electron chi connectivity index (χ3n) is 3.33. The number of halogens is 2. The molecule has 0 fully saturated rings. The second-order valence-corrected chi connectivity index (χ2v) is 6.40. The van der Waals surface area contributed by atoms with Crippen LogP contribution >= 0.6 is 27.5 Å². The number of nitrogens with one attached hydrogen (secondary N) is 1. The van der Waals surface area contributed by atoms with Crippen LogP contribution in [0, 0.1) is 6.92 Å². The van der Waals surface area contributed by atoms with E-state index in [9.17, 15) is 4.79 Å². The fourth-order valence-electron chi connectivity index (χ4n) is 2.13. The molecule has 0 unspecified atom stereocenters. The second-order valence-electron chi connectivity index (χ2n) is 5.11. The molecule has 0 radical (unpaired) electrons. The van der Waals surface area contributed by atoms with Crippen molar-refractivity contribution in [2.24, 2.45) is 0 Å². The number of hydrogen-bond acceptors (Lipinski definition) is 2. The first-order chi connectivity index (χ1) is 11.0. The lowest BCUT2D eigenvalue weighted by Gasteiger charge is -2.06. The van der Waals surface area contributed by atoms with Crippen molar-refractivity contribution in [1.82, 2.24) is 0 Å². The molecule has 1 heterocycles. The van der Waals surface area contributed by atoms with Gasteiger partial charge >= 0.3 is 0 Å². The van der Waals surface area contributed by atoms with Crippen molar-refractivity contribution < 1.29 is 9.21 Å². The molecule has 2 aromatic carbocycles. The van der Waals surface area contributed by atoms with Crippen LogP contribution in [-0.4, -0.2) is 5.91 Å². The van der Waals surface area contributed by atoms with E-state index in [0.717, 1.165) is 15.6 Å². The molecule has 3 nitrogen and oxygen atoms in total. The normalized spacial score (nSPS) is 10.6. The lowest BCUT2D eigenvalue weighted by Crippen LogP contribution is -2.11. The molecule has 116 valence electrons. The van der Waals surface area contributed by atoms with Gasteiger partial charge in [-0.2, -0.15) is 0 Å². The molecule has 0 aliphatic heterocycles. The van der Waals surface area contributed by atoms with E-state index in [1.807, 2.05) is 37.3 Å². The van der Waals surface area contributed by atoms with Crippen LogP contribution in [0.3, 0.4) is 0 Å². The van der Waals surface area contributed by atoms with Gasteiger partial charge in [0.1, 0.15) is 5.76 Å². The highest BCUT2D eigenvalue weighted by atomic mass is 79.9. The summed E-state index contributed by atoms with van der Waals surface area (Å²) >= 11 is 9.31. The summed E-state index contributed by atoms with van der Waals surface area (Å²) in [5.74, 6) is 0.576. The molecule has 0 spiro atoms. The van der Waals surface area contributed by atoms with Crippen LogP contribution < -0.4 is 5.32 Å². The fraction of sp³-hybridized carbons (Fsp3) is 0.0556. The lowest BCUT2D eigenvalue weighted by atomic mass is 10.2. The molecule has 0 atom stereocenters. The summed E-state index contributed by atoms with van der Waals surface area (Å²) in [5, 5.41) is 3.48. The highest BCUT2D eigenvalue weighted by Crippen LogP contribution is 2.26. The van der Waals surface area contributed by atoms with Crippen LogP contribution in [0.1, 0.15) is 16.1 Å².